The molecule has 1 aromatic heterocycles. The highest BCUT2D eigenvalue weighted by Gasteiger charge is 2.31. The Labute approximate surface area is 95.3 Å². The second-order valence-corrected chi connectivity index (χ2v) is 4.50. The zero-order valence-electron chi connectivity index (χ0n) is 9.38. The van der Waals surface area contributed by atoms with E-state index in [2.05, 4.69) is 10.3 Å². The van der Waals surface area contributed by atoms with E-state index < -0.39 is 0 Å². The first-order valence-corrected chi connectivity index (χ1v) is 5.85. The van der Waals surface area contributed by atoms with Crippen LogP contribution >= 0.6 is 0 Å². The fraction of sp³-hybridized carbons (Fsp3) is 0.583. The molecule has 3 N–H and O–H groups in total. The number of hydrogen-bond donors (Lipinski definition) is 2. The zero-order chi connectivity index (χ0) is 11.4. The van der Waals surface area contributed by atoms with Crippen molar-refractivity contribution in [3.8, 4) is 0 Å². The summed E-state index contributed by atoms with van der Waals surface area (Å²) in [5.74, 6) is 0.0238. The highest BCUT2D eigenvalue weighted by molar-refractivity contribution is 5.39. The molecule has 0 aliphatic heterocycles. The van der Waals surface area contributed by atoms with Crippen LogP contribution in [0.3, 0.4) is 0 Å². The Hall–Kier alpha value is -1.16. The van der Waals surface area contributed by atoms with Gasteiger partial charge in [-0.25, -0.2) is 9.37 Å². The summed E-state index contributed by atoms with van der Waals surface area (Å²) in [4.78, 5) is 4.02. The zero-order valence-corrected chi connectivity index (χ0v) is 9.38. The second kappa shape index (κ2) is 4.78. The standard InChI is InChI=1S/C12H18FN3/c13-10-5-4-8-15-11(10)16-12(9-14)6-2-1-3-7-12/h4-5,8H,1-3,6-7,9,14H2,(H,15,16). The highest BCUT2D eigenvalue weighted by atomic mass is 19.1. The van der Waals surface area contributed by atoms with E-state index in [1.807, 2.05) is 0 Å². The molecule has 1 saturated carbocycles. The molecule has 3 nitrogen and oxygen atoms in total. The van der Waals surface area contributed by atoms with Gasteiger partial charge in [0.25, 0.3) is 0 Å². The third-order valence-electron chi connectivity index (χ3n) is 3.34. The van der Waals surface area contributed by atoms with E-state index >= 15 is 0 Å². The van der Waals surface area contributed by atoms with Crippen molar-refractivity contribution in [3.63, 3.8) is 0 Å². The third kappa shape index (κ3) is 2.32. The Kier molecular flexibility index (Phi) is 3.39. The van der Waals surface area contributed by atoms with E-state index in [4.69, 9.17) is 5.73 Å². The van der Waals surface area contributed by atoms with E-state index in [9.17, 15) is 4.39 Å². The van der Waals surface area contributed by atoms with Gasteiger partial charge in [0.1, 0.15) is 0 Å². The van der Waals surface area contributed by atoms with Gasteiger partial charge in [-0.1, -0.05) is 19.3 Å². The lowest BCUT2D eigenvalue weighted by Gasteiger charge is -2.37. The molecular weight excluding hydrogens is 205 g/mol. The van der Waals surface area contributed by atoms with Gasteiger partial charge < -0.3 is 11.1 Å². The molecule has 1 aliphatic rings. The molecule has 0 aromatic carbocycles. The number of aromatic nitrogens is 1. The number of nitrogens with one attached hydrogen (secondary N) is 1. The van der Waals surface area contributed by atoms with E-state index in [-0.39, 0.29) is 11.4 Å². The molecule has 16 heavy (non-hydrogen) atoms. The molecule has 0 saturated heterocycles. The monoisotopic (exact) mass is 223 g/mol. The summed E-state index contributed by atoms with van der Waals surface area (Å²) in [6.45, 7) is 0.531. The highest BCUT2D eigenvalue weighted by Crippen LogP contribution is 2.30. The van der Waals surface area contributed by atoms with Crippen LogP contribution < -0.4 is 11.1 Å². The number of halogens is 1. The fourth-order valence-corrected chi connectivity index (χ4v) is 2.34. The summed E-state index contributed by atoms with van der Waals surface area (Å²) < 4.78 is 13.5. The Morgan fingerprint density at radius 2 is 2.12 bits per heavy atom. The van der Waals surface area contributed by atoms with Gasteiger partial charge in [-0.15, -0.1) is 0 Å². The molecular formula is C12H18FN3. The maximum absolute atomic E-state index is 13.5. The van der Waals surface area contributed by atoms with Crippen molar-refractivity contribution in [2.45, 2.75) is 37.6 Å². The predicted octanol–water partition coefficient (Wildman–Crippen LogP) is 2.29. The lowest BCUT2D eigenvalue weighted by atomic mass is 9.81. The first-order chi connectivity index (χ1) is 7.76. The lowest BCUT2D eigenvalue weighted by molar-refractivity contribution is 0.329. The van der Waals surface area contributed by atoms with E-state index in [1.54, 1.807) is 12.3 Å². The smallest absolute Gasteiger partial charge is 0.165 e. The molecule has 1 heterocycles. The molecule has 0 amide bonds. The van der Waals surface area contributed by atoms with Crippen LogP contribution in [-0.4, -0.2) is 17.1 Å². The van der Waals surface area contributed by atoms with E-state index in [1.165, 1.54) is 12.5 Å². The summed E-state index contributed by atoms with van der Waals surface area (Å²) in [5, 5.41) is 3.20. The minimum Gasteiger partial charge on any atom is -0.361 e. The predicted molar refractivity (Wildman–Crippen MR) is 62.7 cm³/mol. The maximum atomic E-state index is 13.5. The van der Waals surface area contributed by atoms with Gasteiger partial charge in [0, 0.05) is 12.7 Å². The van der Waals surface area contributed by atoms with Crippen LogP contribution in [0.15, 0.2) is 18.3 Å². The molecule has 0 spiro atoms. The summed E-state index contributed by atoms with van der Waals surface area (Å²) >= 11 is 0. The van der Waals surface area contributed by atoms with Crippen molar-refractivity contribution in [1.82, 2.24) is 4.98 Å². The van der Waals surface area contributed by atoms with Gasteiger partial charge in [-0.3, -0.25) is 0 Å². The van der Waals surface area contributed by atoms with Gasteiger partial charge in [0.05, 0.1) is 5.54 Å². The Balaban J connectivity index is 2.15. The number of nitrogens with zero attached hydrogens (tertiary/aromatic N) is 1. The largest absolute Gasteiger partial charge is 0.361 e. The first-order valence-electron chi connectivity index (χ1n) is 5.85. The number of anilines is 1. The van der Waals surface area contributed by atoms with E-state index in [0.717, 1.165) is 25.7 Å². The van der Waals surface area contributed by atoms with Crippen molar-refractivity contribution in [3.05, 3.63) is 24.1 Å². The van der Waals surface area contributed by atoms with Crippen molar-refractivity contribution in [2.75, 3.05) is 11.9 Å². The van der Waals surface area contributed by atoms with Gasteiger partial charge in [-0.05, 0) is 25.0 Å². The normalized spacial score (nSPS) is 19.4. The molecule has 0 unspecified atom stereocenters. The van der Waals surface area contributed by atoms with Crippen LogP contribution in [0.1, 0.15) is 32.1 Å². The van der Waals surface area contributed by atoms with Crippen LogP contribution in [0.25, 0.3) is 0 Å². The fourth-order valence-electron chi connectivity index (χ4n) is 2.34. The second-order valence-electron chi connectivity index (χ2n) is 4.50. The quantitative estimate of drug-likeness (QED) is 0.826. The minimum atomic E-state index is -0.305. The van der Waals surface area contributed by atoms with Crippen LogP contribution in [-0.2, 0) is 0 Å². The topological polar surface area (TPSA) is 50.9 Å². The van der Waals surface area contributed by atoms with Crippen LogP contribution in [0.5, 0.6) is 0 Å². The molecule has 88 valence electrons. The summed E-state index contributed by atoms with van der Waals surface area (Å²) in [5.41, 5.74) is 5.66. The van der Waals surface area contributed by atoms with Crippen molar-refractivity contribution in [2.24, 2.45) is 5.73 Å². The Bertz CT molecular complexity index is 348. The Morgan fingerprint density at radius 1 is 1.38 bits per heavy atom. The summed E-state index contributed by atoms with van der Waals surface area (Å²) in [7, 11) is 0. The average molecular weight is 223 g/mol. The van der Waals surface area contributed by atoms with Crippen molar-refractivity contribution < 1.29 is 4.39 Å². The molecule has 2 rings (SSSR count). The maximum Gasteiger partial charge on any atom is 0.165 e. The van der Waals surface area contributed by atoms with Gasteiger partial charge >= 0.3 is 0 Å². The van der Waals surface area contributed by atoms with Gasteiger partial charge in [0.15, 0.2) is 11.6 Å². The van der Waals surface area contributed by atoms with Gasteiger partial charge in [0.2, 0.25) is 0 Å². The number of rotatable bonds is 3. The summed E-state index contributed by atoms with van der Waals surface area (Å²) in [6.07, 6.45) is 7.14. The lowest BCUT2D eigenvalue weighted by Crippen LogP contribution is -2.47. The molecule has 1 fully saturated rings. The SMILES string of the molecule is NCC1(Nc2ncccc2F)CCCCC1. The number of pyridine rings is 1. The minimum absolute atomic E-state index is 0.159. The molecule has 4 heteroatoms. The first kappa shape index (κ1) is 11.3. The molecule has 1 aliphatic carbocycles. The van der Waals surface area contributed by atoms with Crippen LogP contribution in [0.4, 0.5) is 10.2 Å². The molecule has 0 atom stereocenters. The molecule has 0 bridgehead atoms. The number of hydrogen-bond acceptors (Lipinski definition) is 3. The average Bonchev–Trinajstić information content (AvgIpc) is 2.33. The van der Waals surface area contributed by atoms with Crippen LogP contribution in [0, 0.1) is 5.82 Å². The Morgan fingerprint density at radius 3 is 2.75 bits per heavy atom. The van der Waals surface area contributed by atoms with Crippen LogP contribution in [0.2, 0.25) is 0 Å². The van der Waals surface area contributed by atoms with Crippen molar-refractivity contribution >= 4 is 5.82 Å². The third-order valence-corrected chi connectivity index (χ3v) is 3.34. The summed E-state index contributed by atoms with van der Waals surface area (Å²) in [6, 6.07) is 3.01. The van der Waals surface area contributed by atoms with E-state index in [0.29, 0.717) is 12.4 Å². The number of nitrogens with two attached hydrogens (primary N) is 1. The molecule has 0 radical (unpaired) electrons. The van der Waals surface area contributed by atoms with Gasteiger partial charge in [-0.2, -0.15) is 0 Å². The van der Waals surface area contributed by atoms with Crippen molar-refractivity contribution in [1.29, 1.82) is 0 Å². The molecule has 1 aromatic rings.